The first kappa shape index (κ1) is 20.9. The highest BCUT2D eigenvalue weighted by Gasteiger charge is 2.32. The molecule has 0 spiro atoms. The average molecular weight is 370 g/mol. The maximum absolute atomic E-state index is 12.4. The molecule has 1 aromatic heterocycles. The monoisotopic (exact) mass is 368 g/mol. The highest BCUT2D eigenvalue weighted by atomic mass is 35.5. The molecule has 21 heavy (non-hydrogen) atoms. The summed E-state index contributed by atoms with van der Waals surface area (Å²) in [6.07, 6.45) is -4.98. The van der Waals surface area contributed by atoms with Crippen molar-refractivity contribution < 1.29 is 17.6 Å². The second-order valence-electron chi connectivity index (χ2n) is 4.60. The third-order valence-electron chi connectivity index (χ3n) is 3.22. The molecule has 9 heteroatoms. The lowest BCUT2D eigenvalue weighted by Gasteiger charge is -2.34. The van der Waals surface area contributed by atoms with Gasteiger partial charge in [-0.15, -0.1) is 24.8 Å². The number of nitrogens with zero attached hydrogens (tertiary/aromatic N) is 1. The molecule has 1 atom stereocenters. The summed E-state index contributed by atoms with van der Waals surface area (Å²) in [5.41, 5.74) is 0. The molecule has 0 aromatic carbocycles. The summed E-state index contributed by atoms with van der Waals surface area (Å²) >= 11 is 5.71. The third kappa shape index (κ3) is 6.65. The predicted octanol–water partition coefficient (Wildman–Crippen LogP) is 4.07. The topological polar surface area (TPSA) is 28.4 Å². The van der Waals surface area contributed by atoms with Gasteiger partial charge in [0, 0.05) is 32.6 Å². The molecule has 2 rings (SSSR count). The van der Waals surface area contributed by atoms with Crippen molar-refractivity contribution >= 4 is 36.4 Å². The quantitative estimate of drug-likeness (QED) is 0.867. The molecule has 1 N–H and O–H groups in total. The fourth-order valence-corrected chi connectivity index (χ4v) is 2.46. The van der Waals surface area contributed by atoms with Gasteiger partial charge < -0.3 is 9.73 Å². The van der Waals surface area contributed by atoms with Gasteiger partial charge in [-0.05, 0) is 30.2 Å². The molecule has 2 heterocycles. The van der Waals surface area contributed by atoms with Gasteiger partial charge in [-0.1, -0.05) is 0 Å². The van der Waals surface area contributed by atoms with E-state index in [9.17, 15) is 13.2 Å². The van der Waals surface area contributed by atoms with Crippen LogP contribution in [0.2, 0.25) is 5.22 Å². The Hall–Kier alpha value is -0.140. The van der Waals surface area contributed by atoms with Crippen LogP contribution in [0.1, 0.15) is 24.6 Å². The van der Waals surface area contributed by atoms with Crippen LogP contribution in [0.25, 0.3) is 0 Å². The smallest absolute Gasteiger partial charge is 0.389 e. The summed E-state index contributed by atoms with van der Waals surface area (Å²) in [6.45, 7) is 2.97. The summed E-state index contributed by atoms with van der Waals surface area (Å²) in [7, 11) is 0. The Morgan fingerprint density at radius 2 is 1.86 bits per heavy atom. The van der Waals surface area contributed by atoms with Crippen LogP contribution in [-0.4, -0.2) is 37.3 Å². The molecule has 1 aromatic rings. The first-order valence-corrected chi connectivity index (χ1v) is 6.60. The van der Waals surface area contributed by atoms with Gasteiger partial charge in [0.1, 0.15) is 5.76 Å². The number of nitrogens with one attached hydrogen (secondary N) is 1. The lowest BCUT2D eigenvalue weighted by atomic mass is 10.1. The predicted molar refractivity (Wildman–Crippen MR) is 80.7 cm³/mol. The minimum absolute atomic E-state index is 0. The highest BCUT2D eigenvalue weighted by Crippen LogP contribution is 2.33. The Kier molecular flexibility index (Phi) is 9.04. The van der Waals surface area contributed by atoms with Crippen LogP contribution >= 0.6 is 36.4 Å². The molecule has 3 nitrogen and oxygen atoms in total. The summed E-state index contributed by atoms with van der Waals surface area (Å²) in [5, 5.41) is 3.39. The number of piperazine rings is 1. The van der Waals surface area contributed by atoms with Crippen molar-refractivity contribution in [2.45, 2.75) is 25.1 Å². The van der Waals surface area contributed by atoms with E-state index in [1.807, 2.05) is 4.90 Å². The van der Waals surface area contributed by atoms with Gasteiger partial charge in [-0.2, -0.15) is 13.2 Å². The Morgan fingerprint density at radius 3 is 2.33 bits per heavy atom. The molecule has 124 valence electrons. The average Bonchev–Trinajstić information content (AvgIpc) is 2.76. The lowest BCUT2D eigenvalue weighted by molar-refractivity contribution is -0.138. The molecular formula is C12H18Cl3F3N2O. The molecule has 0 radical (unpaired) electrons. The van der Waals surface area contributed by atoms with Gasteiger partial charge in [-0.3, -0.25) is 4.90 Å². The summed E-state index contributed by atoms with van der Waals surface area (Å²) in [5.74, 6) is 0.510. The highest BCUT2D eigenvalue weighted by molar-refractivity contribution is 6.28. The van der Waals surface area contributed by atoms with Crippen molar-refractivity contribution in [3.8, 4) is 0 Å². The van der Waals surface area contributed by atoms with Crippen molar-refractivity contribution in [3.05, 3.63) is 23.1 Å². The van der Waals surface area contributed by atoms with Crippen LogP contribution in [0, 0.1) is 0 Å². The standard InChI is InChI=1S/C12H16ClF3N2O.2ClH/c13-11-2-1-10(19-11)9(3-4-12(14,15)16)18-7-5-17-6-8-18;;/h1-2,9,17H,3-8H2;2*1H/t9-;;/m1../s1. The fraction of sp³-hybridized carbons (Fsp3) is 0.667. The zero-order chi connectivity index (χ0) is 13.9. The van der Waals surface area contributed by atoms with Crippen LogP contribution in [0.15, 0.2) is 16.5 Å². The van der Waals surface area contributed by atoms with Gasteiger partial charge >= 0.3 is 6.18 Å². The lowest BCUT2D eigenvalue weighted by Crippen LogP contribution is -2.45. The first-order valence-electron chi connectivity index (χ1n) is 6.22. The first-order chi connectivity index (χ1) is 8.96. The van der Waals surface area contributed by atoms with Gasteiger partial charge in [0.15, 0.2) is 5.22 Å². The number of furan rings is 1. The number of hydrogen-bond donors (Lipinski definition) is 1. The molecule has 1 saturated heterocycles. The van der Waals surface area contributed by atoms with E-state index in [0.717, 1.165) is 13.1 Å². The van der Waals surface area contributed by atoms with Crippen LogP contribution in [0.4, 0.5) is 13.2 Å². The molecular weight excluding hydrogens is 351 g/mol. The Labute approximate surface area is 139 Å². The van der Waals surface area contributed by atoms with E-state index >= 15 is 0 Å². The minimum Gasteiger partial charge on any atom is -0.448 e. The third-order valence-corrected chi connectivity index (χ3v) is 3.42. The number of alkyl halides is 3. The largest absolute Gasteiger partial charge is 0.448 e. The molecule has 0 amide bonds. The van der Waals surface area contributed by atoms with Crippen LogP contribution in [-0.2, 0) is 0 Å². The van der Waals surface area contributed by atoms with Crippen molar-refractivity contribution in [2.24, 2.45) is 0 Å². The second-order valence-corrected chi connectivity index (χ2v) is 4.97. The minimum atomic E-state index is -4.15. The van der Waals surface area contributed by atoms with Crippen molar-refractivity contribution in [3.63, 3.8) is 0 Å². The molecule has 1 aliphatic rings. The number of halogens is 6. The number of hydrogen-bond acceptors (Lipinski definition) is 3. The van der Waals surface area contributed by atoms with E-state index in [4.69, 9.17) is 16.0 Å². The van der Waals surface area contributed by atoms with Gasteiger partial charge in [-0.25, -0.2) is 0 Å². The van der Waals surface area contributed by atoms with Crippen LogP contribution in [0.5, 0.6) is 0 Å². The Morgan fingerprint density at radius 1 is 1.24 bits per heavy atom. The summed E-state index contributed by atoms with van der Waals surface area (Å²) in [6, 6.07) is 2.86. The molecule has 0 bridgehead atoms. The van der Waals surface area contributed by atoms with E-state index in [2.05, 4.69) is 5.32 Å². The molecule has 0 aliphatic carbocycles. The van der Waals surface area contributed by atoms with E-state index in [1.165, 1.54) is 0 Å². The zero-order valence-electron chi connectivity index (χ0n) is 11.2. The SMILES string of the molecule is Cl.Cl.FC(F)(F)CC[C@H](c1ccc(Cl)o1)N1CCNCC1. The molecule has 1 aliphatic heterocycles. The zero-order valence-corrected chi connectivity index (χ0v) is 13.5. The van der Waals surface area contributed by atoms with E-state index in [-0.39, 0.29) is 42.5 Å². The summed E-state index contributed by atoms with van der Waals surface area (Å²) in [4.78, 5) is 2.01. The maximum atomic E-state index is 12.4. The van der Waals surface area contributed by atoms with Crippen molar-refractivity contribution in [2.75, 3.05) is 26.2 Å². The van der Waals surface area contributed by atoms with E-state index in [1.54, 1.807) is 12.1 Å². The maximum Gasteiger partial charge on any atom is 0.389 e. The summed E-state index contributed by atoms with van der Waals surface area (Å²) < 4.78 is 42.5. The van der Waals surface area contributed by atoms with Gasteiger partial charge in [0.2, 0.25) is 0 Å². The van der Waals surface area contributed by atoms with Crippen LogP contribution < -0.4 is 5.32 Å². The van der Waals surface area contributed by atoms with E-state index < -0.39 is 12.6 Å². The van der Waals surface area contributed by atoms with Gasteiger partial charge in [0.05, 0.1) is 6.04 Å². The van der Waals surface area contributed by atoms with Gasteiger partial charge in [0.25, 0.3) is 0 Å². The van der Waals surface area contributed by atoms with Crippen molar-refractivity contribution in [1.29, 1.82) is 0 Å². The molecule has 1 fully saturated rings. The molecule has 0 saturated carbocycles. The van der Waals surface area contributed by atoms with Crippen LogP contribution in [0.3, 0.4) is 0 Å². The number of rotatable bonds is 4. The van der Waals surface area contributed by atoms with Crippen molar-refractivity contribution in [1.82, 2.24) is 10.2 Å². The molecule has 0 unspecified atom stereocenters. The Balaban J connectivity index is 0.00000200. The van der Waals surface area contributed by atoms with E-state index in [0.29, 0.717) is 18.8 Å². The Bertz CT molecular complexity index is 409. The normalized spacial score (nSPS) is 17.7. The fourth-order valence-electron chi connectivity index (χ4n) is 2.31. The second kappa shape index (κ2) is 9.10.